The third-order valence-electron chi connectivity index (χ3n) is 3.63. The van der Waals surface area contributed by atoms with Gasteiger partial charge in [0.25, 0.3) is 5.56 Å². The van der Waals surface area contributed by atoms with Crippen LogP contribution < -0.4 is 16.2 Å². The lowest BCUT2D eigenvalue weighted by molar-refractivity contribution is 0.168. The van der Waals surface area contributed by atoms with Crippen LogP contribution in [0, 0.1) is 6.92 Å². The number of urea groups is 1. The highest BCUT2D eigenvalue weighted by atomic mass is 35.5. The average molecular weight is 350 g/mol. The highest BCUT2D eigenvalue weighted by Gasteiger charge is 2.16. The number of rotatable bonds is 5. The van der Waals surface area contributed by atoms with Crippen molar-refractivity contribution in [3.05, 3.63) is 63.0 Å². The maximum absolute atomic E-state index is 12.3. The summed E-state index contributed by atoms with van der Waals surface area (Å²) < 4.78 is 6.58. The van der Waals surface area contributed by atoms with Crippen LogP contribution in [-0.2, 0) is 11.8 Å². The minimum Gasteiger partial charge on any atom is -0.382 e. The van der Waals surface area contributed by atoms with Crippen molar-refractivity contribution in [1.29, 1.82) is 0 Å². The molecule has 0 radical (unpaired) electrons. The zero-order chi connectivity index (χ0) is 17.7. The fourth-order valence-electron chi connectivity index (χ4n) is 2.26. The number of halogens is 1. The number of carbonyl (C=O) groups excluding carboxylic acids is 1. The monoisotopic (exact) mass is 349 g/mol. The normalized spacial score (nSPS) is 11.8. The number of pyridine rings is 1. The Labute approximate surface area is 145 Å². The molecule has 0 saturated carbocycles. The second-order valence-corrected chi connectivity index (χ2v) is 5.88. The van der Waals surface area contributed by atoms with E-state index in [0.29, 0.717) is 17.2 Å². The van der Waals surface area contributed by atoms with E-state index in [1.807, 2.05) is 12.1 Å². The van der Waals surface area contributed by atoms with Crippen LogP contribution in [0.1, 0.15) is 17.2 Å². The van der Waals surface area contributed by atoms with Gasteiger partial charge in [0.15, 0.2) is 0 Å². The van der Waals surface area contributed by atoms with Crippen LogP contribution in [0.15, 0.2) is 41.3 Å². The third kappa shape index (κ3) is 4.37. The van der Waals surface area contributed by atoms with E-state index in [1.165, 1.54) is 4.57 Å². The van der Waals surface area contributed by atoms with Crippen molar-refractivity contribution in [2.45, 2.75) is 13.0 Å². The van der Waals surface area contributed by atoms with Gasteiger partial charge in [-0.15, -0.1) is 0 Å². The van der Waals surface area contributed by atoms with E-state index in [2.05, 4.69) is 10.6 Å². The van der Waals surface area contributed by atoms with Gasteiger partial charge in [-0.2, -0.15) is 0 Å². The van der Waals surface area contributed by atoms with Crippen molar-refractivity contribution in [3.63, 3.8) is 0 Å². The number of nitrogens with one attached hydrogen (secondary N) is 2. The standard InChI is InChI=1S/C17H20ClN3O3/c1-11-8-9-21(2)16(22)15(11)20-17(23)19-14(10-24-3)12-4-6-13(18)7-5-12/h4-9,14H,10H2,1-3H3,(H2,19,20,23). The molecule has 6 nitrogen and oxygen atoms in total. The molecule has 2 aromatic rings. The SMILES string of the molecule is COCC(NC(=O)Nc1c(C)ccn(C)c1=O)c1ccc(Cl)cc1. The molecule has 24 heavy (non-hydrogen) atoms. The Morgan fingerprint density at radius 2 is 1.96 bits per heavy atom. The molecule has 2 N–H and O–H groups in total. The van der Waals surface area contributed by atoms with E-state index in [0.717, 1.165) is 5.56 Å². The molecule has 0 aliphatic rings. The van der Waals surface area contributed by atoms with Gasteiger partial charge in [-0.25, -0.2) is 4.79 Å². The number of hydrogen-bond donors (Lipinski definition) is 2. The Kier molecular flexibility index (Phi) is 6.00. The summed E-state index contributed by atoms with van der Waals surface area (Å²) in [6.45, 7) is 2.06. The molecule has 128 valence electrons. The zero-order valence-corrected chi connectivity index (χ0v) is 14.6. The summed E-state index contributed by atoms with van der Waals surface area (Å²) >= 11 is 5.89. The van der Waals surface area contributed by atoms with E-state index < -0.39 is 6.03 Å². The van der Waals surface area contributed by atoms with Crippen LogP contribution in [0.3, 0.4) is 0 Å². The maximum Gasteiger partial charge on any atom is 0.319 e. The van der Waals surface area contributed by atoms with E-state index in [-0.39, 0.29) is 17.3 Å². The summed E-state index contributed by atoms with van der Waals surface area (Å²) in [5, 5.41) is 6.05. The van der Waals surface area contributed by atoms with E-state index in [9.17, 15) is 9.59 Å². The van der Waals surface area contributed by atoms with Crippen LogP contribution in [0.2, 0.25) is 5.02 Å². The summed E-state index contributed by atoms with van der Waals surface area (Å²) in [6, 6.07) is 8.06. The van der Waals surface area contributed by atoms with Gasteiger partial charge in [0.05, 0.1) is 12.6 Å². The van der Waals surface area contributed by atoms with Crippen LogP contribution in [0.4, 0.5) is 10.5 Å². The van der Waals surface area contributed by atoms with Crippen LogP contribution in [0.25, 0.3) is 0 Å². The van der Waals surface area contributed by atoms with Gasteiger partial charge < -0.3 is 19.9 Å². The summed E-state index contributed by atoms with van der Waals surface area (Å²) in [7, 11) is 3.19. The molecule has 1 atom stereocenters. The molecule has 1 unspecified atom stereocenters. The number of carbonyl (C=O) groups is 1. The highest BCUT2D eigenvalue weighted by Crippen LogP contribution is 2.17. The minimum atomic E-state index is -0.474. The summed E-state index contributed by atoms with van der Waals surface area (Å²) in [5.41, 5.74) is 1.54. The predicted octanol–water partition coefficient (Wildman–Crippen LogP) is 2.86. The molecule has 1 heterocycles. The number of methoxy groups -OCH3 is 1. The van der Waals surface area contributed by atoms with Crippen molar-refractivity contribution < 1.29 is 9.53 Å². The number of hydrogen-bond acceptors (Lipinski definition) is 3. The maximum atomic E-state index is 12.3. The molecule has 0 fully saturated rings. The van der Waals surface area contributed by atoms with Crippen LogP contribution in [0.5, 0.6) is 0 Å². The number of aromatic nitrogens is 1. The predicted molar refractivity (Wildman–Crippen MR) is 94.6 cm³/mol. The number of nitrogens with zero attached hydrogens (tertiary/aromatic N) is 1. The first-order valence-electron chi connectivity index (χ1n) is 7.40. The Morgan fingerprint density at radius 1 is 1.29 bits per heavy atom. The Bertz CT molecular complexity index is 772. The van der Waals surface area contributed by atoms with Crippen molar-refractivity contribution in [3.8, 4) is 0 Å². The van der Waals surface area contributed by atoms with Gasteiger partial charge in [0, 0.05) is 25.4 Å². The second-order valence-electron chi connectivity index (χ2n) is 5.45. The first kappa shape index (κ1) is 18.0. The lowest BCUT2D eigenvalue weighted by atomic mass is 10.1. The Morgan fingerprint density at radius 3 is 2.58 bits per heavy atom. The number of aryl methyl sites for hydroxylation is 2. The van der Waals surface area contributed by atoms with Crippen LogP contribution in [-0.4, -0.2) is 24.3 Å². The number of amides is 2. The fourth-order valence-corrected chi connectivity index (χ4v) is 2.39. The first-order valence-corrected chi connectivity index (χ1v) is 7.78. The van der Waals surface area contributed by atoms with Gasteiger partial charge in [0.1, 0.15) is 5.69 Å². The second kappa shape index (κ2) is 7.99. The van der Waals surface area contributed by atoms with Crippen molar-refractivity contribution in [2.24, 2.45) is 7.05 Å². The minimum absolute atomic E-state index is 0.254. The van der Waals surface area contributed by atoms with E-state index in [4.69, 9.17) is 16.3 Å². The topological polar surface area (TPSA) is 72.4 Å². The van der Waals surface area contributed by atoms with E-state index >= 15 is 0 Å². The molecule has 2 amide bonds. The lowest BCUT2D eigenvalue weighted by Gasteiger charge is -2.19. The summed E-state index contributed by atoms with van der Waals surface area (Å²) in [5.74, 6) is 0. The number of anilines is 1. The molecular weight excluding hydrogens is 330 g/mol. The summed E-state index contributed by atoms with van der Waals surface area (Å²) in [6.07, 6.45) is 1.65. The largest absolute Gasteiger partial charge is 0.382 e. The number of ether oxygens (including phenoxy) is 1. The van der Waals surface area contributed by atoms with Gasteiger partial charge in [0.2, 0.25) is 0 Å². The zero-order valence-electron chi connectivity index (χ0n) is 13.8. The molecule has 0 bridgehead atoms. The highest BCUT2D eigenvalue weighted by molar-refractivity contribution is 6.30. The quantitative estimate of drug-likeness (QED) is 0.871. The van der Waals surface area contributed by atoms with Crippen LogP contribution >= 0.6 is 11.6 Å². The third-order valence-corrected chi connectivity index (χ3v) is 3.88. The van der Waals surface area contributed by atoms with Gasteiger partial charge >= 0.3 is 6.03 Å². The number of benzene rings is 1. The smallest absolute Gasteiger partial charge is 0.319 e. The van der Waals surface area contributed by atoms with Crippen molar-refractivity contribution in [1.82, 2.24) is 9.88 Å². The van der Waals surface area contributed by atoms with E-state index in [1.54, 1.807) is 45.5 Å². The molecule has 0 aliphatic heterocycles. The van der Waals surface area contributed by atoms with Gasteiger partial charge in [-0.05, 0) is 36.2 Å². The molecular formula is C17H20ClN3O3. The summed E-state index contributed by atoms with van der Waals surface area (Å²) in [4.78, 5) is 24.4. The van der Waals surface area contributed by atoms with Gasteiger partial charge in [-0.3, -0.25) is 4.79 Å². The van der Waals surface area contributed by atoms with Gasteiger partial charge in [-0.1, -0.05) is 23.7 Å². The molecule has 0 saturated heterocycles. The molecule has 7 heteroatoms. The Balaban J connectivity index is 2.16. The molecule has 1 aromatic heterocycles. The van der Waals surface area contributed by atoms with Crippen molar-refractivity contribution >= 4 is 23.3 Å². The fraction of sp³-hybridized carbons (Fsp3) is 0.294. The molecule has 2 rings (SSSR count). The molecule has 0 aliphatic carbocycles. The molecule has 1 aromatic carbocycles. The van der Waals surface area contributed by atoms with Crippen molar-refractivity contribution in [2.75, 3.05) is 19.0 Å². The average Bonchev–Trinajstić information content (AvgIpc) is 2.55. The first-order chi connectivity index (χ1) is 11.4. The lowest BCUT2D eigenvalue weighted by Crippen LogP contribution is -2.37. The Hall–Kier alpha value is -2.31. The molecule has 0 spiro atoms.